The summed E-state index contributed by atoms with van der Waals surface area (Å²) >= 11 is 1.65. The molecule has 0 saturated heterocycles. The highest BCUT2D eigenvalue weighted by Crippen LogP contribution is 2.26. The van der Waals surface area contributed by atoms with Gasteiger partial charge < -0.3 is 15.3 Å². The van der Waals surface area contributed by atoms with Crippen LogP contribution in [0.1, 0.15) is 25.5 Å². The first-order valence-electron chi connectivity index (χ1n) is 6.87. The molecule has 0 bridgehead atoms. The maximum absolute atomic E-state index is 9.18. The topological polar surface area (TPSA) is 52.8 Å². The first-order valence-corrected chi connectivity index (χ1v) is 7.75. The van der Waals surface area contributed by atoms with Gasteiger partial charge in [0.1, 0.15) is 0 Å². The largest absolute Gasteiger partial charge is 0.395 e. The van der Waals surface area contributed by atoms with Gasteiger partial charge in [-0.1, -0.05) is 0 Å². The van der Waals surface area contributed by atoms with Crippen LogP contribution in [0.4, 0.5) is 5.82 Å². The van der Waals surface area contributed by atoms with Crippen LogP contribution in [0.15, 0.2) is 11.6 Å². The van der Waals surface area contributed by atoms with E-state index in [1.54, 1.807) is 11.3 Å². The average molecular weight is 280 g/mol. The summed E-state index contributed by atoms with van der Waals surface area (Å²) in [6.07, 6.45) is 4.65. The zero-order valence-corrected chi connectivity index (χ0v) is 12.0. The monoisotopic (exact) mass is 280 g/mol. The van der Waals surface area contributed by atoms with E-state index in [0.29, 0.717) is 12.6 Å². The predicted molar refractivity (Wildman–Crippen MR) is 77.9 cm³/mol. The van der Waals surface area contributed by atoms with Crippen molar-refractivity contribution in [3.8, 4) is 0 Å². The van der Waals surface area contributed by atoms with Crippen molar-refractivity contribution in [3.63, 3.8) is 0 Å². The number of imidazole rings is 1. The summed E-state index contributed by atoms with van der Waals surface area (Å²) in [5.74, 6) is 1.01. The SMILES string of the molecule is CCN(CCO)c1nc2sccn2c1CNC1CC1. The molecule has 5 nitrogen and oxygen atoms in total. The molecule has 0 atom stereocenters. The second-order valence-corrected chi connectivity index (χ2v) is 5.77. The van der Waals surface area contributed by atoms with Crippen molar-refractivity contribution in [1.29, 1.82) is 0 Å². The van der Waals surface area contributed by atoms with Gasteiger partial charge in [0.2, 0.25) is 0 Å². The molecule has 1 aliphatic carbocycles. The van der Waals surface area contributed by atoms with Gasteiger partial charge in [0.25, 0.3) is 0 Å². The van der Waals surface area contributed by atoms with E-state index in [1.807, 2.05) is 0 Å². The summed E-state index contributed by atoms with van der Waals surface area (Å²) in [6, 6.07) is 0.685. The van der Waals surface area contributed by atoms with E-state index in [2.05, 4.69) is 33.1 Å². The summed E-state index contributed by atoms with van der Waals surface area (Å²) in [7, 11) is 0. The number of nitrogens with zero attached hydrogens (tertiary/aromatic N) is 3. The molecule has 6 heteroatoms. The molecular weight excluding hydrogens is 260 g/mol. The molecule has 0 aliphatic heterocycles. The zero-order valence-electron chi connectivity index (χ0n) is 11.2. The van der Waals surface area contributed by atoms with Crippen molar-refractivity contribution in [2.45, 2.75) is 32.4 Å². The highest BCUT2D eigenvalue weighted by Gasteiger charge is 2.23. The Hall–Kier alpha value is -1.11. The zero-order chi connectivity index (χ0) is 13.2. The van der Waals surface area contributed by atoms with E-state index in [1.165, 1.54) is 18.5 Å². The number of aromatic nitrogens is 2. The third-order valence-corrected chi connectivity index (χ3v) is 4.28. The number of hydrogen-bond donors (Lipinski definition) is 2. The number of rotatable bonds is 7. The first-order chi connectivity index (χ1) is 9.33. The molecule has 0 spiro atoms. The lowest BCUT2D eigenvalue weighted by Crippen LogP contribution is -2.28. The predicted octanol–water partition coefficient (Wildman–Crippen LogP) is 1.47. The summed E-state index contributed by atoms with van der Waals surface area (Å²) in [5, 5.41) is 14.8. The van der Waals surface area contributed by atoms with Crippen LogP contribution in [0.25, 0.3) is 4.96 Å². The number of aliphatic hydroxyl groups excluding tert-OH is 1. The average Bonchev–Trinajstić information content (AvgIpc) is 3.02. The van der Waals surface area contributed by atoms with Crippen molar-refractivity contribution < 1.29 is 5.11 Å². The molecule has 19 heavy (non-hydrogen) atoms. The molecule has 1 aliphatic rings. The van der Waals surface area contributed by atoms with E-state index < -0.39 is 0 Å². The highest BCUT2D eigenvalue weighted by molar-refractivity contribution is 7.15. The molecule has 0 amide bonds. The molecule has 1 saturated carbocycles. The Morgan fingerprint density at radius 1 is 1.58 bits per heavy atom. The molecule has 3 rings (SSSR count). The Kier molecular flexibility index (Phi) is 3.72. The minimum Gasteiger partial charge on any atom is -0.395 e. The molecular formula is C13H20N4OS. The van der Waals surface area contributed by atoms with Crippen LogP contribution in [-0.2, 0) is 6.54 Å². The standard InChI is InChI=1S/C13H20N4OS/c1-2-16(5-7-18)12-11(9-14-10-3-4-10)17-6-8-19-13(17)15-12/h6,8,10,14,18H,2-5,7,9H2,1H3. The summed E-state index contributed by atoms with van der Waals surface area (Å²) in [5.41, 5.74) is 1.21. The van der Waals surface area contributed by atoms with E-state index in [-0.39, 0.29) is 6.61 Å². The smallest absolute Gasteiger partial charge is 0.195 e. The number of likely N-dealkylation sites (N-methyl/N-ethyl adjacent to an activating group) is 1. The van der Waals surface area contributed by atoms with Gasteiger partial charge in [-0.2, -0.15) is 0 Å². The van der Waals surface area contributed by atoms with Gasteiger partial charge >= 0.3 is 0 Å². The number of hydrogen-bond acceptors (Lipinski definition) is 5. The summed E-state index contributed by atoms with van der Waals surface area (Å²) in [4.78, 5) is 7.89. The fraction of sp³-hybridized carbons (Fsp3) is 0.615. The van der Waals surface area contributed by atoms with Crippen molar-refractivity contribution >= 4 is 22.1 Å². The minimum atomic E-state index is 0.161. The normalized spacial score (nSPS) is 15.3. The van der Waals surface area contributed by atoms with Crippen LogP contribution >= 0.6 is 11.3 Å². The van der Waals surface area contributed by atoms with E-state index in [0.717, 1.165) is 23.9 Å². The van der Waals surface area contributed by atoms with Gasteiger partial charge in [0.15, 0.2) is 10.8 Å². The van der Waals surface area contributed by atoms with E-state index in [4.69, 9.17) is 4.98 Å². The number of anilines is 1. The minimum absolute atomic E-state index is 0.161. The summed E-state index contributed by atoms with van der Waals surface area (Å²) in [6.45, 7) is 4.61. The van der Waals surface area contributed by atoms with Crippen LogP contribution < -0.4 is 10.2 Å². The Bertz CT molecular complexity index is 546. The maximum atomic E-state index is 9.18. The number of nitrogens with one attached hydrogen (secondary N) is 1. The van der Waals surface area contributed by atoms with Crippen LogP contribution in [0.2, 0.25) is 0 Å². The molecule has 2 aromatic rings. The fourth-order valence-electron chi connectivity index (χ4n) is 2.30. The molecule has 2 N–H and O–H groups in total. The van der Waals surface area contributed by atoms with Gasteiger partial charge in [-0.15, -0.1) is 11.3 Å². The lowest BCUT2D eigenvalue weighted by atomic mass is 10.3. The van der Waals surface area contributed by atoms with Crippen molar-refractivity contribution in [2.75, 3.05) is 24.6 Å². The number of aliphatic hydroxyl groups is 1. The Morgan fingerprint density at radius 2 is 2.42 bits per heavy atom. The highest BCUT2D eigenvalue weighted by atomic mass is 32.1. The third-order valence-electron chi connectivity index (χ3n) is 3.53. The van der Waals surface area contributed by atoms with Crippen LogP contribution in [0.5, 0.6) is 0 Å². The Labute approximate surface area is 116 Å². The number of fused-ring (bicyclic) bond motifs is 1. The molecule has 0 aromatic carbocycles. The van der Waals surface area contributed by atoms with Gasteiger partial charge in [0.05, 0.1) is 12.3 Å². The summed E-state index contributed by atoms with van der Waals surface area (Å²) < 4.78 is 2.16. The molecule has 0 radical (unpaired) electrons. The van der Waals surface area contributed by atoms with E-state index >= 15 is 0 Å². The van der Waals surface area contributed by atoms with Crippen LogP contribution in [-0.4, -0.2) is 40.2 Å². The maximum Gasteiger partial charge on any atom is 0.195 e. The van der Waals surface area contributed by atoms with Crippen LogP contribution in [0.3, 0.4) is 0 Å². The third kappa shape index (κ3) is 2.61. The van der Waals surface area contributed by atoms with Crippen LogP contribution in [0, 0.1) is 0 Å². The first kappa shape index (κ1) is 12.9. The molecule has 104 valence electrons. The molecule has 2 heterocycles. The lowest BCUT2D eigenvalue weighted by Gasteiger charge is -2.21. The van der Waals surface area contributed by atoms with Gasteiger partial charge in [-0.25, -0.2) is 4.98 Å². The van der Waals surface area contributed by atoms with Crippen molar-refractivity contribution in [3.05, 3.63) is 17.3 Å². The van der Waals surface area contributed by atoms with E-state index in [9.17, 15) is 5.11 Å². The van der Waals surface area contributed by atoms with Gasteiger partial charge in [-0.3, -0.25) is 4.40 Å². The Morgan fingerprint density at radius 3 is 3.11 bits per heavy atom. The Balaban J connectivity index is 1.90. The second-order valence-electron chi connectivity index (χ2n) is 4.90. The lowest BCUT2D eigenvalue weighted by molar-refractivity contribution is 0.302. The second kappa shape index (κ2) is 5.48. The number of thiazole rings is 1. The fourth-order valence-corrected chi connectivity index (χ4v) is 3.03. The molecule has 0 unspecified atom stereocenters. The molecule has 1 fully saturated rings. The van der Waals surface area contributed by atoms with Gasteiger partial charge in [-0.05, 0) is 19.8 Å². The van der Waals surface area contributed by atoms with Crippen molar-refractivity contribution in [1.82, 2.24) is 14.7 Å². The van der Waals surface area contributed by atoms with Crippen molar-refractivity contribution in [2.24, 2.45) is 0 Å². The quantitative estimate of drug-likeness (QED) is 0.806. The molecule has 2 aromatic heterocycles. The van der Waals surface area contributed by atoms with Gasteiger partial charge in [0, 0.05) is 37.3 Å².